The molecule has 0 saturated carbocycles. The van der Waals surface area contributed by atoms with Gasteiger partial charge in [0.05, 0.1) is 19.4 Å². The Labute approximate surface area is 131 Å². The van der Waals surface area contributed by atoms with Crippen LogP contribution in [0.3, 0.4) is 0 Å². The van der Waals surface area contributed by atoms with E-state index in [0.717, 1.165) is 17.7 Å². The number of anilines is 1. The summed E-state index contributed by atoms with van der Waals surface area (Å²) in [6, 6.07) is 8.02. The molecule has 0 aromatic heterocycles. The molecular weight excluding hydrogens is 306 g/mol. The summed E-state index contributed by atoms with van der Waals surface area (Å²) in [4.78, 5) is 11.8. The second-order valence-electron chi connectivity index (χ2n) is 4.70. The first-order valence-electron chi connectivity index (χ1n) is 6.80. The van der Waals surface area contributed by atoms with E-state index >= 15 is 0 Å². The van der Waals surface area contributed by atoms with Gasteiger partial charge in [0, 0.05) is 18.7 Å². The van der Waals surface area contributed by atoms with Crippen LogP contribution >= 0.6 is 0 Å². The molecule has 0 unspecified atom stereocenters. The Hall–Kier alpha value is -2.67. The number of aliphatic hydroxyl groups is 1. The van der Waals surface area contributed by atoms with Gasteiger partial charge in [-0.2, -0.15) is 0 Å². The van der Waals surface area contributed by atoms with Gasteiger partial charge in [-0.25, -0.2) is 13.6 Å². The molecule has 0 fully saturated rings. The molecule has 3 N–H and O–H groups in total. The Bertz CT molecular complexity index is 708. The largest absolute Gasteiger partial charge is 0.494 e. The predicted octanol–water partition coefficient (Wildman–Crippen LogP) is 2.79. The molecule has 2 aromatic rings. The predicted molar refractivity (Wildman–Crippen MR) is 81.1 cm³/mol. The maximum atomic E-state index is 13.7. The minimum Gasteiger partial charge on any atom is -0.494 e. The number of amides is 2. The average Bonchev–Trinajstić information content (AvgIpc) is 2.56. The summed E-state index contributed by atoms with van der Waals surface area (Å²) in [5.41, 5.74) is 1.11. The highest BCUT2D eigenvalue weighted by molar-refractivity contribution is 5.89. The van der Waals surface area contributed by atoms with Gasteiger partial charge >= 0.3 is 6.03 Å². The van der Waals surface area contributed by atoms with Crippen molar-refractivity contribution in [3.05, 3.63) is 59.2 Å². The van der Waals surface area contributed by atoms with Crippen LogP contribution in [0.4, 0.5) is 19.3 Å². The number of hydrogen-bond donors (Lipinski definition) is 3. The van der Waals surface area contributed by atoms with Gasteiger partial charge in [-0.05, 0) is 11.1 Å². The highest BCUT2D eigenvalue weighted by Gasteiger charge is 2.13. The lowest BCUT2D eigenvalue weighted by atomic mass is 10.1. The van der Waals surface area contributed by atoms with Crippen molar-refractivity contribution >= 4 is 11.7 Å². The molecule has 7 heteroatoms. The average molecular weight is 322 g/mol. The summed E-state index contributed by atoms with van der Waals surface area (Å²) in [5.74, 6) is -1.84. The van der Waals surface area contributed by atoms with Crippen molar-refractivity contribution in [2.24, 2.45) is 0 Å². The summed E-state index contributed by atoms with van der Waals surface area (Å²) in [6.07, 6.45) is 0. The van der Waals surface area contributed by atoms with Crippen LogP contribution in [0.25, 0.3) is 0 Å². The molecule has 0 saturated heterocycles. The van der Waals surface area contributed by atoms with Crippen LogP contribution in [0.1, 0.15) is 11.1 Å². The lowest BCUT2D eigenvalue weighted by Crippen LogP contribution is -2.29. The number of benzene rings is 2. The van der Waals surface area contributed by atoms with E-state index in [9.17, 15) is 18.7 Å². The molecule has 0 spiro atoms. The van der Waals surface area contributed by atoms with Gasteiger partial charge in [0.1, 0.15) is 0 Å². The van der Waals surface area contributed by atoms with Crippen LogP contribution in [0.2, 0.25) is 0 Å². The number of carbonyl (C=O) groups is 1. The molecule has 0 atom stereocenters. The molecule has 2 rings (SSSR count). The number of methoxy groups -OCH3 is 1. The summed E-state index contributed by atoms with van der Waals surface area (Å²) in [5, 5.41) is 13.9. The molecule has 0 bridgehead atoms. The first-order valence-corrected chi connectivity index (χ1v) is 6.80. The second-order valence-corrected chi connectivity index (χ2v) is 4.70. The zero-order valence-electron chi connectivity index (χ0n) is 12.4. The fourth-order valence-electron chi connectivity index (χ4n) is 2.01. The topological polar surface area (TPSA) is 70.6 Å². The Kier molecular flexibility index (Phi) is 5.48. The highest BCUT2D eigenvalue weighted by Crippen LogP contribution is 2.24. The van der Waals surface area contributed by atoms with E-state index < -0.39 is 17.7 Å². The van der Waals surface area contributed by atoms with Crippen LogP contribution in [0, 0.1) is 11.6 Å². The molecule has 0 aliphatic heterocycles. The number of aliphatic hydroxyl groups excluding tert-OH is 1. The number of nitrogens with one attached hydrogen (secondary N) is 2. The minimum atomic E-state index is -0.811. The molecule has 2 amide bonds. The maximum absolute atomic E-state index is 13.7. The molecule has 0 aliphatic rings. The number of urea groups is 1. The molecule has 5 nitrogen and oxygen atoms in total. The molecule has 0 radical (unpaired) electrons. The summed E-state index contributed by atoms with van der Waals surface area (Å²) in [7, 11) is 1.22. The monoisotopic (exact) mass is 322 g/mol. The van der Waals surface area contributed by atoms with Crippen molar-refractivity contribution in [2.45, 2.75) is 13.2 Å². The molecular formula is C16H16F2N2O3. The standard InChI is InChI=1S/C16H16F2N2O3/c1-23-15-7-12(17)14(6-13(15)18)20-16(22)19-8-10-4-2-3-5-11(10)9-21/h2-7,21H,8-9H2,1H3,(H2,19,20,22). The number of ether oxygens (including phenoxy) is 1. The van der Waals surface area contributed by atoms with Gasteiger partial charge in [-0.1, -0.05) is 24.3 Å². The van der Waals surface area contributed by atoms with Gasteiger partial charge in [0.15, 0.2) is 17.4 Å². The smallest absolute Gasteiger partial charge is 0.319 e. The van der Waals surface area contributed by atoms with Crippen molar-refractivity contribution in [1.29, 1.82) is 0 Å². The van der Waals surface area contributed by atoms with Crippen molar-refractivity contribution in [3.8, 4) is 5.75 Å². The number of rotatable bonds is 5. The second kappa shape index (κ2) is 7.55. The third-order valence-corrected chi connectivity index (χ3v) is 3.22. The van der Waals surface area contributed by atoms with Crippen LogP contribution in [-0.4, -0.2) is 18.2 Å². The van der Waals surface area contributed by atoms with Gasteiger partial charge < -0.3 is 20.5 Å². The van der Waals surface area contributed by atoms with E-state index in [0.29, 0.717) is 5.56 Å². The van der Waals surface area contributed by atoms with Gasteiger partial charge in [0.25, 0.3) is 0 Å². The van der Waals surface area contributed by atoms with Crippen molar-refractivity contribution in [3.63, 3.8) is 0 Å². The molecule has 2 aromatic carbocycles. The zero-order valence-corrected chi connectivity index (χ0v) is 12.4. The minimum absolute atomic E-state index is 0.142. The van der Waals surface area contributed by atoms with Crippen molar-refractivity contribution < 1.29 is 23.4 Å². The lowest BCUT2D eigenvalue weighted by Gasteiger charge is -2.11. The van der Waals surface area contributed by atoms with Crippen LogP contribution < -0.4 is 15.4 Å². The van der Waals surface area contributed by atoms with E-state index in [4.69, 9.17) is 0 Å². The fourth-order valence-corrected chi connectivity index (χ4v) is 2.01. The van der Waals surface area contributed by atoms with E-state index in [-0.39, 0.29) is 24.6 Å². The van der Waals surface area contributed by atoms with E-state index in [2.05, 4.69) is 15.4 Å². The Morgan fingerprint density at radius 3 is 2.52 bits per heavy atom. The van der Waals surface area contributed by atoms with Gasteiger partial charge in [-0.15, -0.1) is 0 Å². The van der Waals surface area contributed by atoms with Crippen molar-refractivity contribution in [2.75, 3.05) is 12.4 Å². The molecule has 122 valence electrons. The summed E-state index contributed by atoms with van der Waals surface area (Å²) < 4.78 is 31.9. The maximum Gasteiger partial charge on any atom is 0.319 e. The Balaban J connectivity index is 2.01. The Morgan fingerprint density at radius 2 is 1.87 bits per heavy atom. The molecule has 0 heterocycles. The first-order chi connectivity index (χ1) is 11.0. The fraction of sp³-hybridized carbons (Fsp3) is 0.188. The first kappa shape index (κ1) is 16.7. The summed E-state index contributed by atoms with van der Waals surface area (Å²) >= 11 is 0. The zero-order chi connectivity index (χ0) is 16.8. The Morgan fingerprint density at radius 1 is 1.17 bits per heavy atom. The third kappa shape index (κ3) is 4.17. The van der Waals surface area contributed by atoms with E-state index in [1.807, 2.05) is 0 Å². The third-order valence-electron chi connectivity index (χ3n) is 3.22. The number of hydrogen-bond acceptors (Lipinski definition) is 3. The van der Waals surface area contributed by atoms with Crippen LogP contribution in [-0.2, 0) is 13.2 Å². The van der Waals surface area contributed by atoms with Crippen molar-refractivity contribution in [1.82, 2.24) is 5.32 Å². The number of halogens is 2. The summed E-state index contributed by atoms with van der Waals surface area (Å²) in [6.45, 7) is -0.0133. The lowest BCUT2D eigenvalue weighted by molar-refractivity contribution is 0.251. The molecule has 23 heavy (non-hydrogen) atoms. The molecule has 0 aliphatic carbocycles. The highest BCUT2D eigenvalue weighted by atomic mass is 19.1. The van der Waals surface area contributed by atoms with E-state index in [1.165, 1.54) is 7.11 Å². The SMILES string of the molecule is COc1cc(F)c(NC(=O)NCc2ccccc2CO)cc1F. The normalized spacial score (nSPS) is 10.3. The van der Waals surface area contributed by atoms with Gasteiger partial charge in [0.2, 0.25) is 0 Å². The van der Waals surface area contributed by atoms with Gasteiger partial charge in [-0.3, -0.25) is 0 Å². The quantitative estimate of drug-likeness (QED) is 0.793. The van der Waals surface area contributed by atoms with E-state index in [1.54, 1.807) is 24.3 Å². The van der Waals surface area contributed by atoms with Crippen LogP contribution in [0.5, 0.6) is 5.75 Å². The number of carbonyl (C=O) groups excluding carboxylic acids is 1. The van der Waals surface area contributed by atoms with Crippen LogP contribution in [0.15, 0.2) is 36.4 Å².